The first-order chi connectivity index (χ1) is 18.3. The van der Waals surface area contributed by atoms with Gasteiger partial charge in [0.1, 0.15) is 11.5 Å². The second-order valence-corrected chi connectivity index (χ2v) is 9.06. The standard InChI is InChI=1S/C31H34O7/c1-5-19-35-22(4)29(32)37-27-15-11-23(12-16-27)24-13-17-28(18-14-24)38-31(34)26-9-7-25(8-10-26)30(33)36-20-21(3)6-2/h7-18,21-22H,5-6,19-20H2,1-4H3/t21-,22-/m0/s1. The van der Waals surface area contributed by atoms with Gasteiger partial charge in [0.2, 0.25) is 0 Å². The number of esters is 3. The van der Waals surface area contributed by atoms with E-state index in [1.54, 1.807) is 55.5 Å². The topological polar surface area (TPSA) is 88.1 Å². The van der Waals surface area contributed by atoms with Crippen molar-refractivity contribution >= 4 is 17.9 Å². The number of benzene rings is 3. The van der Waals surface area contributed by atoms with Gasteiger partial charge in [-0.25, -0.2) is 14.4 Å². The highest BCUT2D eigenvalue weighted by atomic mass is 16.6. The van der Waals surface area contributed by atoms with Gasteiger partial charge in [0.15, 0.2) is 6.10 Å². The van der Waals surface area contributed by atoms with Crippen LogP contribution in [0.1, 0.15) is 61.3 Å². The zero-order valence-electron chi connectivity index (χ0n) is 22.3. The molecule has 0 aliphatic carbocycles. The van der Waals surface area contributed by atoms with Crippen molar-refractivity contribution in [3.63, 3.8) is 0 Å². The van der Waals surface area contributed by atoms with Gasteiger partial charge < -0.3 is 18.9 Å². The number of rotatable bonds is 12. The zero-order chi connectivity index (χ0) is 27.5. The molecule has 0 unspecified atom stereocenters. The summed E-state index contributed by atoms with van der Waals surface area (Å²) in [6.45, 7) is 8.56. The number of carbonyl (C=O) groups excluding carboxylic acids is 3. The van der Waals surface area contributed by atoms with Crippen molar-refractivity contribution in [1.82, 2.24) is 0 Å². The summed E-state index contributed by atoms with van der Waals surface area (Å²) in [5.41, 5.74) is 2.53. The smallest absolute Gasteiger partial charge is 0.343 e. The highest BCUT2D eigenvalue weighted by Crippen LogP contribution is 2.25. The van der Waals surface area contributed by atoms with E-state index in [1.807, 2.05) is 45.0 Å². The fourth-order valence-corrected chi connectivity index (χ4v) is 3.32. The van der Waals surface area contributed by atoms with Gasteiger partial charge in [0.25, 0.3) is 0 Å². The van der Waals surface area contributed by atoms with Crippen LogP contribution in [0.2, 0.25) is 0 Å². The van der Waals surface area contributed by atoms with E-state index in [9.17, 15) is 14.4 Å². The van der Waals surface area contributed by atoms with Gasteiger partial charge in [0, 0.05) is 6.61 Å². The molecule has 0 heterocycles. The summed E-state index contributed by atoms with van der Waals surface area (Å²) in [7, 11) is 0. The average Bonchev–Trinajstić information content (AvgIpc) is 2.95. The molecule has 7 nitrogen and oxygen atoms in total. The third-order valence-corrected chi connectivity index (χ3v) is 5.93. The first kappa shape index (κ1) is 28.6. The molecule has 3 rings (SSSR count). The van der Waals surface area contributed by atoms with Crippen molar-refractivity contribution in [2.24, 2.45) is 5.92 Å². The van der Waals surface area contributed by atoms with Crippen LogP contribution in [0.25, 0.3) is 11.1 Å². The van der Waals surface area contributed by atoms with Crippen molar-refractivity contribution in [2.45, 2.75) is 46.6 Å². The summed E-state index contributed by atoms with van der Waals surface area (Å²) in [6, 6.07) is 20.4. The first-order valence-corrected chi connectivity index (χ1v) is 12.8. The predicted octanol–water partition coefficient (Wildman–Crippen LogP) is 6.50. The molecule has 3 aromatic rings. The minimum atomic E-state index is -0.626. The number of hydrogen-bond acceptors (Lipinski definition) is 7. The summed E-state index contributed by atoms with van der Waals surface area (Å²) in [5.74, 6) is -0.256. The van der Waals surface area contributed by atoms with Gasteiger partial charge in [-0.1, -0.05) is 51.5 Å². The van der Waals surface area contributed by atoms with E-state index in [0.717, 1.165) is 24.0 Å². The largest absolute Gasteiger partial charge is 0.462 e. The second kappa shape index (κ2) is 14.1. The Labute approximate surface area is 223 Å². The molecule has 0 aliphatic heterocycles. The van der Waals surface area contributed by atoms with Gasteiger partial charge in [0.05, 0.1) is 17.7 Å². The number of carbonyl (C=O) groups is 3. The maximum Gasteiger partial charge on any atom is 0.343 e. The second-order valence-electron chi connectivity index (χ2n) is 9.06. The zero-order valence-corrected chi connectivity index (χ0v) is 22.3. The van der Waals surface area contributed by atoms with Crippen LogP contribution in [0.3, 0.4) is 0 Å². The predicted molar refractivity (Wildman–Crippen MR) is 144 cm³/mol. The van der Waals surface area contributed by atoms with Crippen LogP contribution in [0.4, 0.5) is 0 Å². The molecule has 7 heteroatoms. The van der Waals surface area contributed by atoms with Crippen LogP contribution in [-0.4, -0.2) is 37.2 Å². The molecule has 200 valence electrons. The third-order valence-electron chi connectivity index (χ3n) is 5.93. The molecule has 0 aromatic heterocycles. The molecule has 0 spiro atoms. The number of hydrogen-bond donors (Lipinski definition) is 0. The molecule has 0 amide bonds. The van der Waals surface area contributed by atoms with E-state index in [4.69, 9.17) is 18.9 Å². The molecular weight excluding hydrogens is 484 g/mol. The minimum absolute atomic E-state index is 0.295. The highest BCUT2D eigenvalue weighted by Gasteiger charge is 2.16. The molecule has 38 heavy (non-hydrogen) atoms. The monoisotopic (exact) mass is 518 g/mol. The Hall–Kier alpha value is -3.97. The molecule has 0 fully saturated rings. The Morgan fingerprint density at radius 1 is 0.684 bits per heavy atom. The van der Waals surface area contributed by atoms with Crippen molar-refractivity contribution in [2.75, 3.05) is 13.2 Å². The molecule has 0 saturated carbocycles. The molecule has 0 bridgehead atoms. The van der Waals surface area contributed by atoms with E-state index >= 15 is 0 Å². The van der Waals surface area contributed by atoms with Crippen molar-refractivity contribution in [3.8, 4) is 22.6 Å². The quantitative estimate of drug-likeness (QED) is 0.200. The highest BCUT2D eigenvalue weighted by molar-refractivity contribution is 5.94. The third kappa shape index (κ3) is 8.28. The molecule has 0 N–H and O–H groups in total. The van der Waals surface area contributed by atoms with E-state index in [2.05, 4.69) is 0 Å². The van der Waals surface area contributed by atoms with Crippen LogP contribution in [0, 0.1) is 5.92 Å². The maximum absolute atomic E-state index is 12.5. The molecule has 0 saturated heterocycles. The van der Waals surface area contributed by atoms with Crippen molar-refractivity contribution < 1.29 is 33.3 Å². The van der Waals surface area contributed by atoms with E-state index in [1.165, 1.54) is 0 Å². The molecule has 0 aliphatic rings. The normalized spacial score (nSPS) is 12.3. The van der Waals surface area contributed by atoms with Gasteiger partial charge in [-0.15, -0.1) is 0 Å². The first-order valence-electron chi connectivity index (χ1n) is 12.8. The van der Waals surface area contributed by atoms with Crippen molar-refractivity contribution in [1.29, 1.82) is 0 Å². The van der Waals surface area contributed by atoms with E-state index < -0.39 is 24.0 Å². The lowest BCUT2D eigenvalue weighted by molar-refractivity contribution is -0.146. The summed E-state index contributed by atoms with van der Waals surface area (Å²) in [6.07, 6.45) is 1.13. The Morgan fingerprint density at radius 2 is 1.18 bits per heavy atom. The van der Waals surface area contributed by atoms with E-state index in [-0.39, 0.29) is 0 Å². The minimum Gasteiger partial charge on any atom is -0.462 e. The van der Waals surface area contributed by atoms with Gasteiger partial charge in [-0.05, 0) is 78.9 Å². The Bertz CT molecular complexity index is 1200. The van der Waals surface area contributed by atoms with Gasteiger partial charge in [-0.2, -0.15) is 0 Å². The lowest BCUT2D eigenvalue weighted by Crippen LogP contribution is -2.26. The van der Waals surface area contributed by atoms with E-state index in [0.29, 0.717) is 41.8 Å². The summed E-state index contributed by atoms with van der Waals surface area (Å²) in [4.78, 5) is 36.8. The average molecular weight is 519 g/mol. The SMILES string of the molecule is CCCO[C@@H](C)C(=O)Oc1ccc(-c2ccc(OC(=O)c3ccc(C(=O)OC[C@@H](C)CC)cc3)cc2)cc1. The summed E-state index contributed by atoms with van der Waals surface area (Å²) in [5, 5.41) is 0. The molecule has 3 aromatic carbocycles. The van der Waals surface area contributed by atoms with Crippen LogP contribution in [-0.2, 0) is 14.3 Å². The number of ether oxygens (including phenoxy) is 4. The summed E-state index contributed by atoms with van der Waals surface area (Å²) >= 11 is 0. The molecule has 0 radical (unpaired) electrons. The Balaban J connectivity index is 1.55. The van der Waals surface area contributed by atoms with Crippen molar-refractivity contribution in [3.05, 3.63) is 83.9 Å². The lowest BCUT2D eigenvalue weighted by Gasteiger charge is -2.12. The molecular formula is C31H34O7. The van der Waals surface area contributed by atoms with Crippen LogP contribution < -0.4 is 9.47 Å². The maximum atomic E-state index is 12.5. The van der Waals surface area contributed by atoms with Gasteiger partial charge in [-0.3, -0.25) is 0 Å². The van der Waals surface area contributed by atoms with Crippen LogP contribution in [0.15, 0.2) is 72.8 Å². The van der Waals surface area contributed by atoms with Crippen LogP contribution >= 0.6 is 0 Å². The van der Waals surface area contributed by atoms with Gasteiger partial charge >= 0.3 is 17.9 Å². The van der Waals surface area contributed by atoms with Crippen LogP contribution in [0.5, 0.6) is 11.5 Å². The lowest BCUT2D eigenvalue weighted by atomic mass is 10.1. The fraction of sp³-hybridized carbons (Fsp3) is 0.323. The molecule has 2 atom stereocenters. The summed E-state index contributed by atoms with van der Waals surface area (Å²) < 4.78 is 21.5. The Morgan fingerprint density at radius 3 is 1.68 bits per heavy atom. The Kier molecular flexibility index (Phi) is 10.6. The fourth-order valence-electron chi connectivity index (χ4n) is 3.32.